The third-order valence-electron chi connectivity index (χ3n) is 2.13. The summed E-state index contributed by atoms with van der Waals surface area (Å²) in [6, 6.07) is 5.69. The largest absolute Gasteiger partial charge is 0.399 e. The molecule has 3 N–H and O–H groups in total. The molecule has 4 heteroatoms. The molecule has 0 radical (unpaired) electrons. The molecule has 16 heavy (non-hydrogen) atoms. The Labute approximate surface area is 98.8 Å². The fourth-order valence-corrected chi connectivity index (χ4v) is 2.14. The molecule has 1 aromatic heterocycles. The SMILES string of the molecule is CC#CCCSc1nc2ccc(N)cc2[nH]1. The van der Waals surface area contributed by atoms with E-state index in [-0.39, 0.29) is 0 Å². The average Bonchev–Trinajstić information content (AvgIpc) is 2.66. The summed E-state index contributed by atoms with van der Waals surface area (Å²) < 4.78 is 0. The van der Waals surface area contributed by atoms with Crippen LogP contribution in [-0.2, 0) is 0 Å². The van der Waals surface area contributed by atoms with Crippen LogP contribution in [0.1, 0.15) is 13.3 Å². The van der Waals surface area contributed by atoms with E-state index in [1.165, 1.54) is 0 Å². The van der Waals surface area contributed by atoms with Gasteiger partial charge in [0.1, 0.15) is 0 Å². The van der Waals surface area contributed by atoms with Gasteiger partial charge in [-0.05, 0) is 25.1 Å². The number of rotatable bonds is 3. The Kier molecular flexibility index (Phi) is 3.37. The highest BCUT2D eigenvalue weighted by atomic mass is 32.2. The maximum absolute atomic E-state index is 5.70. The molecule has 0 saturated carbocycles. The molecule has 0 spiro atoms. The minimum Gasteiger partial charge on any atom is -0.399 e. The standard InChI is InChI=1S/C12H13N3S/c1-2-3-4-7-16-12-14-10-6-5-9(13)8-11(10)15-12/h5-6,8H,4,7,13H2,1H3,(H,14,15). The highest BCUT2D eigenvalue weighted by molar-refractivity contribution is 7.99. The van der Waals surface area contributed by atoms with Gasteiger partial charge in [-0.3, -0.25) is 0 Å². The van der Waals surface area contributed by atoms with Crippen molar-refractivity contribution in [2.45, 2.75) is 18.5 Å². The monoisotopic (exact) mass is 231 g/mol. The van der Waals surface area contributed by atoms with E-state index < -0.39 is 0 Å². The van der Waals surface area contributed by atoms with Crippen LogP contribution < -0.4 is 5.73 Å². The molecule has 0 aliphatic heterocycles. The van der Waals surface area contributed by atoms with Gasteiger partial charge in [-0.1, -0.05) is 11.8 Å². The lowest BCUT2D eigenvalue weighted by Gasteiger charge is -1.91. The number of nitrogen functional groups attached to an aromatic ring is 1. The van der Waals surface area contributed by atoms with E-state index in [0.717, 1.165) is 34.1 Å². The van der Waals surface area contributed by atoms with Gasteiger partial charge in [-0.2, -0.15) is 0 Å². The van der Waals surface area contributed by atoms with Crippen LogP contribution in [0.15, 0.2) is 23.4 Å². The predicted octanol–water partition coefficient (Wildman–Crippen LogP) is 2.65. The zero-order chi connectivity index (χ0) is 11.4. The van der Waals surface area contributed by atoms with Crippen molar-refractivity contribution in [1.82, 2.24) is 9.97 Å². The normalized spacial score (nSPS) is 10.1. The van der Waals surface area contributed by atoms with Crippen molar-refractivity contribution < 1.29 is 0 Å². The van der Waals surface area contributed by atoms with Crippen molar-refractivity contribution in [2.24, 2.45) is 0 Å². The first-order valence-electron chi connectivity index (χ1n) is 5.07. The third kappa shape index (κ3) is 2.50. The van der Waals surface area contributed by atoms with Gasteiger partial charge in [0.2, 0.25) is 0 Å². The van der Waals surface area contributed by atoms with Crippen LogP contribution >= 0.6 is 11.8 Å². The topological polar surface area (TPSA) is 54.7 Å². The van der Waals surface area contributed by atoms with Gasteiger partial charge in [0.15, 0.2) is 5.16 Å². The number of hydrogen-bond acceptors (Lipinski definition) is 3. The van der Waals surface area contributed by atoms with Gasteiger partial charge in [-0.15, -0.1) is 11.8 Å². The molecule has 3 nitrogen and oxygen atoms in total. The van der Waals surface area contributed by atoms with E-state index in [0.29, 0.717) is 0 Å². The Bertz CT molecular complexity index is 548. The smallest absolute Gasteiger partial charge is 0.166 e. The maximum Gasteiger partial charge on any atom is 0.166 e. The molecule has 0 saturated heterocycles. The van der Waals surface area contributed by atoms with E-state index in [1.807, 2.05) is 25.1 Å². The summed E-state index contributed by atoms with van der Waals surface area (Å²) in [7, 11) is 0. The van der Waals surface area contributed by atoms with E-state index in [9.17, 15) is 0 Å². The fourth-order valence-electron chi connectivity index (χ4n) is 1.40. The molecular formula is C12H13N3S. The Morgan fingerprint density at radius 3 is 3.19 bits per heavy atom. The van der Waals surface area contributed by atoms with Crippen LogP contribution in [-0.4, -0.2) is 15.7 Å². The first kappa shape index (κ1) is 10.9. The third-order valence-corrected chi connectivity index (χ3v) is 3.00. The minimum atomic E-state index is 0.754. The van der Waals surface area contributed by atoms with Gasteiger partial charge in [0.05, 0.1) is 11.0 Å². The molecular weight excluding hydrogens is 218 g/mol. The molecule has 0 bridgehead atoms. The summed E-state index contributed by atoms with van der Waals surface area (Å²) in [5.74, 6) is 6.86. The summed E-state index contributed by atoms with van der Waals surface area (Å²) in [4.78, 5) is 7.69. The molecule has 1 aromatic carbocycles. The van der Waals surface area contributed by atoms with Crippen molar-refractivity contribution in [3.05, 3.63) is 18.2 Å². The Hall–Kier alpha value is -1.60. The summed E-state index contributed by atoms with van der Waals surface area (Å²) in [6.45, 7) is 1.86. The lowest BCUT2D eigenvalue weighted by atomic mass is 10.3. The van der Waals surface area contributed by atoms with Crippen LogP contribution in [0.5, 0.6) is 0 Å². The van der Waals surface area contributed by atoms with Crippen molar-refractivity contribution in [2.75, 3.05) is 11.5 Å². The van der Waals surface area contributed by atoms with Crippen molar-refractivity contribution >= 4 is 28.5 Å². The molecule has 0 atom stereocenters. The number of anilines is 1. The Morgan fingerprint density at radius 2 is 2.38 bits per heavy atom. The quantitative estimate of drug-likeness (QED) is 0.369. The second kappa shape index (κ2) is 4.95. The number of imidazole rings is 1. The van der Waals surface area contributed by atoms with Crippen LogP contribution in [0, 0.1) is 11.8 Å². The molecule has 2 aromatic rings. The van der Waals surface area contributed by atoms with E-state index in [2.05, 4.69) is 21.8 Å². The van der Waals surface area contributed by atoms with Crippen molar-refractivity contribution in [3.8, 4) is 11.8 Å². The molecule has 0 aliphatic carbocycles. The zero-order valence-electron chi connectivity index (χ0n) is 9.08. The molecule has 0 unspecified atom stereocenters. The average molecular weight is 231 g/mol. The van der Waals surface area contributed by atoms with Crippen LogP contribution in [0.3, 0.4) is 0 Å². The number of H-pyrrole nitrogens is 1. The number of hydrogen-bond donors (Lipinski definition) is 2. The Balaban J connectivity index is 2.09. The van der Waals surface area contributed by atoms with E-state index in [1.54, 1.807) is 11.8 Å². The van der Waals surface area contributed by atoms with Gasteiger partial charge in [-0.25, -0.2) is 4.98 Å². The van der Waals surface area contributed by atoms with Crippen LogP contribution in [0.4, 0.5) is 5.69 Å². The number of aromatic amines is 1. The highest BCUT2D eigenvalue weighted by Crippen LogP contribution is 2.21. The number of benzene rings is 1. The molecule has 2 rings (SSSR count). The number of aromatic nitrogens is 2. The fraction of sp³-hybridized carbons (Fsp3) is 0.250. The van der Waals surface area contributed by atoms with Gasteiger partial charge in [0, 0.05) is 17.9 Å². The van der Waals surface area contributed by atoms with Crippen LogP contribution in [0.2, 0.25) is 0 Å². The number of thioether (sulfide) groups is 1. The molecule has 0 fully saturated rings. The zero-order valence-corrected chi connectivity index (χ0v) is 9.90. The number of nitrogens with one attached hydrogen (secondary N) is 1. The van der Waals surface area contributed by atoms with E-state index >= 15 is 0 Å². The number of nitrogens with zero attached hydrogens (tertiary/aromatic N) is 1. The predicted molar refractivity (Wildman–Crippen MR) is 69.3 cm³/mol. The molecule has 1 heterocycles. The first-order valence-corrected chi connectivity index (χ1v) is 6.06. The minimum absolute atomic E-state index is 0.754. The second-order valence-electron chi connectivity index (χ2n) is 3.34. The lowest BCUT2D eigenvalue weighted by Crippen LogP contribution is -1.82. The van der Waals surface area contributed by atoms with Crippen molar-refractivity contribution in [1.29, 1.82) is 0 Å². The number of fused-ring (bicyclic) bond motifs is 1. The second-order valence-corrected chi connectivity index (χ2v) is 4.43. The molecule has 0 amide bonds. The number of nitrogens with two attached hydrogens (primary N) is 1. The molecule has 0 aliphatic rings. The maximum atomic E-state index is 5.70. The lowest BCUT2D eigenvalue weighted by molar-refractivity contribution is 1.08. The summed E-state index contributed by atoms with van der Waals surface area (Å²) in [5.41, 5.74) is 8.40. The highest BCUT2D eigenvalue weighted by Gasteiger charge is 2.02. The van der Waals surface area contributed by atoms with Gasteiger partial charge in [0.25, 0.3) is 0 Å². The first-order chi connectivity index (χ1) is 7.79. The van der Waals surface area contributed by atoms with Crippen molar-refractivity contribution in [3.63, 3.8) is 0 Å². The van der Waals surface area contributed by atoms with Gasteiger partial charge >= 0.3 is 0 Å². The summed E-state index contributed by atoms with van der Waals surface area (Å²) >= 11 is 1.68. The van der Waals surface area contributed by atoms with Gasteiger partial charge < -0.3 is 10.7 Å². The summed E-state index contributed by atoms with van der Waals surface area (Å²) in [6.07, 6.45) is 0.889. The van der Waals surface area contributed by atoms with Crippen LogP contribution in [0.25, 0.3) is 11.0 Å². The summed E-state index contributed by atoms with van der Waals surface area (Å²) in [5, 5.41) is 0.929. The molecule has 82 valence electrons. The Morgan fingerprint density at radius 1 is 1.50 bits per heavy atom. The van der Waals surface area contributed by atoms with E-state index in [4.69, 9.17) is 5.73 Å².